The molecule has 0 aliphatic rings. The lowest BCUT2D eigenvalue weighted by Crippen LogP contribution is -2.34. The molecule has 0 fully saturated rings. The zero-order valence-electron chi connectivity index (χ0n) is 11.1. The maximum absolute atomic E-state index is 6.12. The monoisotopic (exact) mass is 276 g/mol. The molecule has 0 spiro atoms. The minimum atomic E-state index is -0.0563. The van der Waals surface area contributed by atoms with Gasteiger partial charge in [0.2, 0.25) is 0 Å². The van der Waals surface area contributed by atoms with Gasteiger partial charge in [-0.1, -0.05) is 13.8 Å². The fourth-order valence-electron chi connectivity index (χ4n) is 1.76. The van der Waals surface area contributed by atoms with Crippen LogP contribution in [0.15, 0.2) is 12.3 Å². The molecule has 0 saturated heterocycles. The average molecular weight is 277 g/mol. The lowest BCUT2D eigenvalue weighted by atomic mass is 9.77. The Morgan fingerprint density at radius 2 is 1.82 bits per heavy atom. The van der Waals surface area contributed by atoms with Gasteiger partial charge in [0, 0.05) is 29.4 Å². The molecule has 17 heavy (non-hydrogen) atoms. The third-order valence-corrected chi connectivity index (χ3v) is 4.55. The topological polar surface area (TPSA) is 17.8 Å². The van der Waals surface area contributed by atoms with E-state index in [0.717, 1.165) is 12.1 Å². The van der Waals surface area contributed by atoms with Gasteiger partial charge in [-0.2, -0.15) is 5.10 Å². The zero-order chi connectivity index (χ0) is 13.1. The van der Waals surface area contributed by atoms with E-state index in [0.29, 0.717) is 23.7 Å². The number of nitrogens with zero attached hydrogens (tertiary/aromatic N) is 2. The second kappa shape index (κ2) is 6.10. The van der Waals surface area contributed by atoms with Crippen LogP contribution in [0.1, 0.15) is 39.4 Å². The van der Waals surface area contributed by atoms with Crippen molar-refractivity contribution >= 4 is 23.2 Å². The molecule has 0 atom stereocenters. The maximum Gasteiger partial charge on any atom is 0.0631 e. The van der Waals surface area contributed by atoms with Crippen molar-refractivity contribution in [3.63, 3.8) is 0 Å². The van der Waals surface area contributed by atoms with Crippen LogP contribution in [0.5, 0.6) is 0 Å². The Bertz CT molecular complexity index is 341. The smallest absolute Gasteiger partial charge is 0.0631 e. The summed E-state index contributed by atoms with van der Waals surface area (Å²) in [4.78, 5) is 0. The molecule has 1 heterocycles. The van der Waals surface area contributed by atoms with Gasteiger partial charge < -0.3 is 0 Å². The molecule has 98 valence electrons. The van der Waals surface area contributed by atoms with Gasteiger partial charge in [0.1, 0.15) is 0 Å². The molecule has 0 bridgehead atoms. The quantitative estimate of drug-likeness (QED) is 0.715. The summed E-state index contributed by atoms with van der Waals surface area (Å²) in [5.74, 6) is 1.59. The molecule has 0 aliphatic heterocycles. The molecular weight excluding hydrogens is 255 g/mol. The highest BCUT2D eigenvalue weighted by Gasteiger charge is 2.33. The number of halogens is 2. The first-order chi connectivity index (χ1) is 7.95. The Morgan fingerprint density at radius 3 is 2.18 bits per heavy atom. The van der Waals surface area contributed by atoms with E-state index < -0.39 is 0 Å². The predicted octanol–water partition coefficient (Wildman–Crippen LogP) is 4.13. The largest absolute Gasteiger partial charge is 0.270 e. The minimum Gasteiger partial charge on any atom is -0.270 e. The molecule has 0 aromatic carbocycles. The molecule has 0 unspecified atom stereocenters. The van der Waals surface area contributed by atoms with E-state index in [2.05, 4.69) is 38.9 Å². The predicted molar refractivity (Wildman–Crippen MR) is 75.0 cm³/mol. The van der Waals surface area contributed by atoms with Crippen LogP contribution in [0.2, 0.25) is 0 Å². The first-order valence-corrected chi connectivity index (χ1v) is 7.18. The Labute approximate surface area is 114 Å². The summed E-state index contributed by atoms with van der Waals surface area (Å²) in [5.41, 5.74) is 1.02. The van der Waals surface area contributed by atoms with Gasteiger partial charge in [-0.3, -0.25) is 4.68 Å². The van der Waals surface area contributed by atoms with Crippen molar-refractivity contribution < 1.29 is 0 Å². The van der Waals surface area contributed by atoms with Crippen molar-refractivity contribution in [3.05, 3.63) is 18.0 Å². The lowest BCUT2D eigenvalue weighted by Gasteiger charge is -2.33. The van der Waals surface area contributed by atoms with Gasteiger partial charge in [0.05, 0.1) is 5.69 Å². The van der Waals surface area contributed by atoms with Crippen LogP contribution in [-0.2, 0) is 6.42 Å². The highest BCUT2D eigenvalue weighted by Crippen LogP contribution is 2.34. The van der Waals surface area contributed by atoms with Crippen LogP contribution in [-0.4, -0.2) is 21.5 Å². The number of alkyl halides is 2. The zero-order valence-corrected chi connectivity index (χ0v) is 12.6. The van der Waals surface area contributed by atoms with Gasteiger partial charge in [0.25, 0.3) is 0 Å². The van der Waals surface area contributed by atoms with Gasteiger partial charge >= 0.3 is 0 Å². The van der Waals surface area contributed by atoms with Gasteiger partial charge in [-0.25, -0.2) is 0 Å². The second-order valence-electron chi connectivity index (χ2n) is 5.34. The van der Waals surface area contributed by atoms with Crippen molar-refractivity contribution in [1.29, 1.82) is 0 Å². The Balaban J connectivity index is 2.86. The summed E-state index contributed by atoms with van der Waals surface area (Å²) >= 11 is 12.2. The highest BCUT2D eigenvalue weighted by molar-refractivity contribution is 6.21. The van der Waals surface area contributed by atoms with Crippen LogP contribution in [0, 0.1) is 11.3 Å². The molecule has 1 aromatic heterocycles. The Hall–Kier alpha value is -0.210. The molecule has 4 heteroatoms. The number of hydrogen-bond donors (Lipinski definition) is 0. The maximum atomic E-state index is 6.12. The van der Waals surface area contributed by atoms with Gasteiger partial charge in [-0.15, -0.1) is 23.2 Å². The summed E-state index contributed by atoms with van der Waals surface area (Å²) in [5, 5.41) is 4.57. The van der Waals surface area contributed by atoms with Crippen LogP contribution in [0.3, 0.4) is 0 Å². The summed E-state index contributed by atoms with van der Waals surface area (Å²) < 4.78 is 1.98. The van der Waals surface area contributed by atoms with Crippen LogP contribution < -0.4 is 0 Å². The first kappa shape index (κ1) is 14.8. The van der Waals surface area contributed by atoms with E-state index >= 15 is 0 Å². The molecule has 1 rings (SSSR count). The lowest BCUT2D eigenvalue weighted by molar-refractivity contribution is 0.255. The van der Waals surface area contributed by atoms with E-state index in [1.54, 1.807) is 0 Å². The summed E-state index contributed by atoms with van der Waals surface area (Å²) in [7, 11) is 0. The van der Waals surface area contributed by atoms with Crippen molar-refractivity contribution in [2.24, 2.45) is 11.3 Å². The van der Waals surface area contributed by atoms with E-state index in [1.165, 1.54) is 0 Å². The van der Waals surface area contributed by atoms with Crippen molar-refractivity contribution in [3.8, 4) is 0 Å². The third-order valence-electron chi connectivity index (χ3n) is 3.48. The molecule has 0 N–H and O–H groups in total. The molecule has 0 saturated carbocycles. The van der Waals surface area contributed by atoms with Crippen LogP contribution >= 0.6 is 23.2 Å². The number of hydrogen-bond acceptors (Lipinski definition) is 1. The first-order valence-electron chi connectivity index (χ1n) is 6.11. The highest BCUT2D eigenvalue weighted by atomic mass is 35.5. The molecule has 0 radical (unpaired) electrons. The fraction of sp³-hybridized carbons (Fsp3) is 0.769. The summed E-state index contributed by atoms with van der Waals surface area (Å²) in [6.07, 6.45) is 2.87. The van der Waals surface area contributed by atoms with Crippen LogP contribution in [0.25, 0.3) is 0 Å². The van der Waals surface area contributed by atoms with Crippen molar-refractivity contribution in [2.75, 3.05) is 11.8 Å². The molecule has 2 nitrogen and oxygen atoms in total. The standard InChI is InChI=1S/C13H22Cl2N2/c1-10(2)13(8-14,9-15)7-12-5-6-17(16-12)11(3)4/h5-6,10-11H,7-9H2,1-4H3. The molecular formula is C13H22Cl2N2. The van der Waals surface area contributed by atoms with E-state index in [-0.39, 0.29) is 5.41 Å². The molecule has 0 amide bonds. The molecule has 1 aromatic rings. The SMILES string of the molecule is CC(C)n1ccc(CC(CCl)(CCl)C(C)C)n1. The van der Waals surface area contributed by atoms with E-state index in [9.17, 15) is 0 Å². The van der Waals surface area contributed by atoms with Gasteiger partial charge in [-0.05, 0) is 32.3 Å². The number of aromatic nitrogens is 2. The van der Waals surface area contributed by atoms with Crippen molar-refractivity contribution in [2.45, 2.75) is 40.2 Å². The third kappa shape index (κ3) is 3.38. The summed E-state index contributed by atoms with van der Waals surface area (Å²) in [6, 6.07) is 2.46. The van der Waals surface area contributed by atoms with E-state index in [1.807, 2.05) is 10.9 Å². The fourth-order valence-corrected chi connectivity index (χ4v) is 2.85. The average Bonchev–Trinajstić information content (AvgIpc) is 2.74. The summed E-state index contributed by atoms with van der Waals surface area (Å²) in [6.45, 7) is 8.58. The molecule has 0 aliphatic carbocycles. The Morgan fingerprint density at radius 1 is 1.24 bits per heavy atom. The van der Waals surface area contributed by atoms with Crippen LogP contribution in [0.4, 0.5) is 0 Å². The minimum absolute atomic E-state index is 0.0563. The van der Waals surface area contributed by atoms with Gasteiger partial charge in [0.15, 0.2) is 0 Å². The normalized spacial score (nSPS) is 12.7. The van der Waals surface area contributed by atoms with Crippen molar-refractivity contribution in [1.82, 2.24) is 9.78 Å². The second-order valence-corrected chi connectivity index (χ2v) is 5.88. The van der Waals surface area contributed by atoms with E-state index in [4.69, 9.17) is 23.2 Å². The Kier molecular flexibility index (Phi) is 5.33. The number of rotatable bonds is 6.